The fraction of sp³-hybridized carbons (Fsp3) is 0.333. The van der Waals surface area contributed by atoms with E-state index in [0.29, 0.717) is 10.0 Å². The van der Waals surface area contributed by atoms with Gasteiger partial charge in [-0.25, -0.2) is 0 Å². The number of nitrogens with one attached hydrogen (secondary N) is 1. The first-order valence-corrected chi connectivity index (χ1v) is 5.70. The average molecular weight is 244 g/mol. The maximum atomic E-state index is 5.94. The van der Waals surface area contributed by atoms with E-state index in [4.69, 9.17) is 23.2 Å². The highest BCUT2D eigenvalue weighted by Gasteiger charge is 2.06. The van der Waals surface area contributed by atoms with Crippen molar-refractivity contribution in [1.82, 2.24) is 5.32 Å². The van der Waals surface area contributed by atoms with Crippen LogP contribution in [-0.2, 0) is 0 Å². The number of hydrogen-bond donors (Lipinski definition) is 1. The van der Waals surface area contributed by atoms with Crippen LogP contribution >= 0.6 is 23.2 Å². The van der Waals surface area contributed by atoms with Crippen LogP contribution in [0.25, 0.3) is 0 Å². The Labute approximate surface area is 101 Å². The number of hydrogen-bond acceptors (Lipinski definition) is 1. The summed E-state index contributed by atoms with van der Waals surface area (Å²) in [5, 5.41) is 4.57. The van der Waals surface area contributed by atoms with Gasteiger partial charge in [0.25, 0.3) is 0 Å². The third-order valence-corrected chi connectivity index (χ3v) is 2.98. The van der Waals surface area contributed by atoms with E-state index in [1.807, 2.05) is 24.3 Å². The van der Waals surface area contributed by atoms with Gasteiger partial charge < -0.3 is 5.32 Å². The van der Waals surface area contributed by atoms with Crippen molar-refractivity contribution >= 4 is 23.2 Å². The van der Waals surface area contributed by atoms with Crippen molar-refractivity contribution in [2.75, 3.05) is 6.54 Å². The van der Waals surface area contributed by atoms with Gasteiger partial charge in [-0.15, -0.1) is 6.58 Å². The molecule has 1 aromatic rings. The summed E-state index contributed by atoms with van der Waals surface area (Å²) in [6, 6.07) is 5.99. The first-order chi connectivity index (χ1) is 7.15. The lowest BCUT2D eigenvalue weighted by Crippen LogP contribution is -2.19. The van der Waals surface area contributed by atoms with Gasteiger partial charge >= 0.3 is 0 Å². The first-order valence-electron chi connectivity index (χ1n) is 4.94. The van der Waals surface area contributed by atoms with Crippen LogP contribution in [0, 0.1) is 0 Å². The third kappa shape index (κ3) is 3.86. The zero-order chi connectivity index (χ0) is 11.3. The Morgan fingerprint density at radius 2 is 2.13 bits per heavy atom. The predicted molar refractivity (Wildman–Crippen MR) is 67.7 cm³/mol. The molecule has 0 saturated heterocycles. The maximum Gasteiger partial charge on any atom is 0.0595 e. The summed E-state index contributed by atoms with van der Waals surface area (Å²) in [6.45, 7) is 6.70. The van der Waals surface area contributed by atoms with Crippen LogP contribution in [0.4, 0.5) is 0 Å². The Hall–Kier alpha value is -0.500. The zero-order valence-electron chi connectivity index (χ0n) is 8.76. The second-order valence-electron chi connectivity index (χ2n) is 3.43. The second-order valence-corrected chi connectivity index (χ2v) is 4.24. The van der Waals surface area contributed by atoms with E-state index in [2.05, 4.69) is 18.8 Å². The van der Waals surface area contributed by atoms with Crippen molar-refractivity contribution in [3.05, 3.63) is 46.5 Å². The number of benzene rings is 1. The van der Waals surface area contributed by atoms with Gasteiger partial charge in [0.1, 0.15) is 0 Å². The lowest BCUT2D eigenvalue weighted by atomic mass is 10.1. The molecular weight excluding hydrogens is 229 g/mol. The number of rotatable bonds is 5. The monoisotopic (exact) mass is 243 g/mol. The smallest absolute Gasteiger partial charge is 0.0595 e. The van der Waals surface area contributed by atoms with Gasteiger partial charge in [-0.05, 0) is 37.6 Å². The summed E-state index contributed by atoms with van der Waals surface area (Å²) in [6.07, 6.45) is 2.86. The molecule has 0 saturated carbocycles. The van der Waals surface area contributed by atoms with Crippen molar-refractivity contribution in [2.24, 2.45) is 0 Å². The van der Waals surface area contributed by atoms with Crippen LogP contribution in [0.15, 0.2) is 30.9 Å². The molecule has 0 spiro atoms. The molecular formula is C12H15Cl2N. The molecule has 1 unspecified atom stereocenters. The summed E-state index contributed by atoms with van der Waals surface area (Å²) in [7, 11) is 0. The molecule has 1 atom stereocenters. The lowest BCUT2D eigenvalue weighted by Gasteiger charge is -2.14. The molecule has 0 heterocycles. The van der Waals surface area contributed by atoms with Crippen molar-refractivity contribution in [3.63, 3.8) is 0 Å². The van der Waals surface area contributed by atoms with E-state index in [0.717, 1.165) is 18.5 Å². The minimum Gasteiger partial charge on any atom is -0.310 e. The topological polar surface area (TPSA) is 12.0 Å². The van der Waals surface area contributed by atoms with E-state index < -0.39 is 0 Å². The Balaban J connectivity index is 2.61. The van der Waals surface area contributed by atoms with Crippen molar-refractivity contribution in [3.8, 4) is 0 Å². The fourth-order valence-electron chi connectivity index (χ4n) is 1.30. The molecule has 1 aromatic carbocycles. The largest absolute Gasteiger partial charge is 0.310 e. The van der Waals surface area contributed by atoms with E-state index in [-0.39, 0.29) is 6.04 Å². The molecule has 0 aromatic heterocycles. The van der Waals surface area contributed by atoms with Gasteiger partial charge in [0.2, 0.25) is 0 Å². The van der Waals surface area contributed by atoms with Crippen molar-refractivity contribution < 1.29 is 0 Å². The van der Waals surface area contributed by atoms with Crippen molar-refractivity contribution in [1.29, 1.82) is 0 Å². The highest BCUT2D eigenvalue weighted by molar-refractivity contribution is 6.42. The highest BCUT2D eigenvalue weighted by Crippen LogP contribution is 2.25. The van der Waals surface area contributed by atoms with E-state index in [1.165, 1.54) is 0 Å². The molecule has 0 aliphatic carbocycles. The molecule has 1 nitrogen and oxygen atoms in total. The molecule has 0 radical (unpaired) electrons. The van der Waals surface area contributed by atoms with Crippen LogP contribution in [0.2, 0.25) is 10.0 Å². The van der Waals surface area contributed by atoms with Crippen LogP contribution in [0.5, 0.6) is 0 Å². The maximum absolute atomic E-state index is 5.94. The Kier molecular flexibility index (Phi) is 5.16. The first kappa shape index (κ1) is 12.6. The minimum absolute atomic E-state index is 0.278. The van der Waals surface area contributed by atoms with Gasteiger partial charge in [-0.1, -0.05) is 35.3 Å². The van der Waals surface area contributed by atoms with Crippen LogP contribution in [-0.4, -0.2) is 6.54 Å². The molecule has 3 heteroatoms. The molecule has 1 rings (SSSR count). The molecule has 0 aliphatic rings. The SMILES string of the molecule is C=CCCNC(C)c1ccc(Cl)c(Cl)c1. The molecule has 0 aliphatic heterocycles. The Morgan fingerprint density at radius 1 is 1.40 bits per heavy atom. The fourth-order valence-corrected chi connectivity index (χ4v) is 1.61. The van der Waals surface area contributed by atoms with Gasteiger partial charge in [0.15, 0.2) is 0 Å². The van der Waals surface area contributed by atoms with Crippen LogP contribution in [0.3, 0.4) is 0 Å². The van der Waals surface area contributed by atoms with Gasteiger partial charge in [0.05, 0.1) is 10.0 Å². The summed E-state index contributed by atoms with van der Waals surface area (Å²) in [5.74, 6) is 0. The Morgan fingerprint density at radius 3 is 2.73 bits per heavy atom. The van der Waals surface area contributed by atoms with Crippen LogP contribution < -0.4 is 5.32 Å². The van der Waals surface area contributed by atoms with Gasteiger partial charge in [-0.2, -0.15) is 0 Å². The second kappa shape index (κ2) is 6.16. The van der Waals surface area contributed by atoms with E-state index in [1.54, 1.807) is 0 Å². The molecule has 82 valence electrons. The summed E-state index contributed by atoms with van der Waals surface area (Å²) < 4.78 is 0. The van der Waals surface area contributed by atoms with Gasteiger partial charge in [0, 0.05) is 6.04 Å². The summed E-state index contributed by atoms with van der Waals surface area (Å²) in [4.78, 5) is 0. The van der Waals surface area contributed by atoms with Crippen molar-refractivity contribution in [2.45, 2.75) is 19.4 Å². The minimum atomic E-state index is 0.278. The molecule has 1 N–H and O–H groups in total. The third-order valence-electron chi connectivity index (χ3n) is 2.24. The number of halogens is 2. The quantitative estimate of drug-likeness (QED) is 0.604. The molecule has 15 heavy (non-hydrogen) atoms. The molecule has 0 amide bonds. The highest BCUT2D eigenvalue weighted by atomic mass is 35.5. The summed E-state index contributed by atoms with van der Waals surface area (Å²) in [5.41, 5.74) is 1.15. The Bertz CT molecular complexity index is 336. The summed E-state index contributed by atoms with van der Waals surface area (Å²) >= 11 is 11.8. The average Bonchev–Trinajstić information content (AvgIpc) is 2.22. The van der Waals surface area contributed by atoms with E-state index >= 15 is 0 Å². The molecule has 0 fully saturated rings. The van der Waals surface area contributed by atoms with Crippen LogP contribution in [0.1, 0.15) is 24.9 Å². The normalized spacial score (nSPS) is 12.5. The standard InChI is InChI=1S/C12H15Cl2N/c1-3-4-7-15-9(2)10-5-6-11(13)12(14)8-10/h3,5-6,8-9,15H,1,4,7H2,2H3. The zero-order valence-corrected chi connectivity index (χ0v) is 10.3. The molecule has 0 bridgehead atoms. The lowest BCUT2D eigenvalue weighted by molar-refractivity contribution is 0.581. The van der Waals surface area contributed by atoms with Gasteiger partial charge in [-0.3, -0.25) is 0 Å². The predicted octanol–water partition coefficient (Wildman–Crippen LogP) is 4.22. The van der Waals surface area contributed by atoms with E-state index in [9.17, 15) is 0 Å².